The zero-order valence-electron chi connectivity index (χ0n) is 22.0. The fourth-order valence-electron chi connectivity index (χ4n) is 4.86. The summed E-state index contributed by atoms with van der Waals surface area (Å²) in [6.07, 6.45) is 3.18. The molecule has 1 saturated carbocycles. The van der Waals surface area contributed by atoms with E-state index in [0.29, 0.717) is 40.7 Å². The summed E-state index contributed by atoms with van der Waals surface area (Å²) in [5.41, 5.74) is 4.26. The Morgan fingerprint density at radius 1 is 1.02 bits per heavy atom. The van der Waals surface area contributed by atoms with Gasteiger partial charge in [0.1, 0.15) is 11.6 Å². The molecule has 3 N–H and O–H groups in total. The molecule has 1 aliphatic carbocycles. The van der Waals surface area contributed by atoms with Gasteiger partial charge < -0.3 is 5.11 Å². The highest BCUT2D eigenvalue weighted by molar-refractivity contribution is 7.89. The maximum absolute atomic E-state index is 15.1. The first-order chi connectivity index (χ1) is 20.1. The largest absolute Gasteiger partial charge is 0.476 e. The van der Waals surface area contributed by atoms with Gasteiger partial charge in [0.25, 0.3) is 0 Å². The molecule has 2 heterocycles. The number of thiazole rings is 1. The van der Waals surface area contributed by atoms with Crippen LogP contribution < -0.4 is 5.14 Å². The van der Waals surface area contributed by atoms with Crippen LogP contribution in [0.5, 0.6) is 0 Å². The van der Waals surface area contributed by atoms with Crippen molar-refractivity contribution in [2.24, 2.45) is 11.1 Å². The third-order valence-electron chi connectivity index (χ3n) is 7.17. The van der Waals surface area contributed by atoms with Crippen LogP contribution in [0.1, 0.15) is 40.2 Å². The number of nitrogens with two attached hydrogens (primary N) is 1. The number of aromatic nitrogens is 3. The van der Waals surface area contributed by atoms with Gasteiger partial charge in [-0.15, -0.1) is 11.3 Å². The highest BCUT2D eigenvalue weighted by atomic mass is 32.2. The van der Waals surface area contributed by atoms with Gasteiger partial charge in [-0.25, -0.2) is 36.8 Å². The van der Waals surface area contributed by atoms with Crippen molar-refractivity contribution in [3.63, 3.8) is 0 Å². The summed E-state index contributed by atoms with van der Waals surface area (Å²) >= 11 is 1.12. The van der Waals surface area contributed by atoms with Crippen molar-refractivity contribution >= 4 is 27.3 Å². The minimum Gasteiger partial charge on any atom is -0.476 e. The molecule has 42 heavy (non-hydrogen) atoms. The van der Waals surface area contributed by atoms with E-state index in [2.05, 4.69) is 4.98 Å². The van der Waals surface area contributed by atoms with Gasteiger partial charge in [0.05, 0.1) is 16.3 Å². The predicted octanol–water partition coefficient (Wildman–Crippen LogP) is 5.83. The molecule has 6 rings (SSSR count). The minimum atomic E-state index is -3.86. The zero-order chi connectivity index (χ0) is 29.6. The molecular formula is C30H24F2N4O4S2. The minimum absolute atomic E-state index is 0.00756. The fraction of sp³-hybridized carbons (Fsp3) is 0.167. The molecule has 1 aliphatic rings. The van der Waals surface area contributed by atoms with E-state index in [9.17, 15) is 22.7 Å². The summed E-state index contributed by atoms with van der Waals surface area (Å²) < 4.78 is 53.9. The molecule has 0 saturated heterocycles. The molecule has 0 unspecified atom stereocenters. The van der Waals surface area contributed by atoms with Gasteiger partial charge in [0.15, 0.2) is 5.69 Å². The van der Waals surface area contributed by atoms with Crippen LogP contribution in [0.3, 0.4) is 0 Å². The Morgan fingerprint density at radius 3 is 2.33 bits per heavy atom. The first-order valence-electron chi connectivity index (χ1n) is 13.0. The molecule has 0 radical (unpaired) electrons. The highest BCUT2D eigenvalue weighted by Crippen LogP contribution is 2.39. The number of carboxylic acid groups (broad SMARTS) is 1. The number of hydrogen-bond acceptors (Lipinski definition) is 6. The lowest BCUT2D eigenvalue weighted by Crippen LogP contribution is -2.11. The standard InChI is InChI=1S/C30H24F2N4O4S2/c31-21-8-5-19(6-9-21)23-15-20(7-12-25(23)32)28-24(13-17-3-10-22(11-4-17)42(33,39)40)26(14-18-1-2-18)35-36(28)30-34-27(16-41-30)29(37)38/h3-12,15-16,18H,1-2,13-14H2,(H,37,38)(H2,33,39,40). The van der Waals surface area contributed by atoms with Crippen LogP contribution >= 0.6 is 11.3 Å². The Morgan fingerprint density at radius 2 is 1.71 bits per heavy atom. The number of benzene rings is 3. The van der Waals surface area contributed by atoms with E-state index < -0.39 is 27.6 Å². The van der Waals surface area contributed by atoms with Crippen molar-refractivity contribution < 1.29 is 27.1 Å². The van der Waals surface area contributed by atoms with Gasteiger partial charge in [-0.2, -0.15) is 5.10 Å². The highest BCUT2D eigenvalue weighted by Gasteiger charge is 2.29. The molecule has 8 nitrogen and oxygen atoms in total. The summed E-state index contributed by atoms with van der Waals surface area (Å²) in [5, 5.41) is 21.5. The SMILES string of the molecule is NS(=O)(=O)c1ccc(Cc2c(CC3CC3)nn(-c3nc(C(=O)O)cs3)c2-c2ccc(F)c(-c3ccc(F)cc3)c2)cc1. The normalized spacial score (nSPS) is 13.4. The Labute approximate surface area is 244 Å². The monoisotopic (exact) mass is 606 g/mol. The van der Waals surface area contributed by atoms with Crippen molar-refractivity contribution in [1.82, 2.24) is 14.8 Å². The lowest BCUT2D eigenvalue weighted by Gasteiger charge is -2.12. The lowest BCUT2D eigenvalue weighted by molar-refractivity contribution is 0.0691. The maximum atomic E-state index is 15.1. The average Bonchev–Trinajstić information content (AvgIpc) is 3.50. The molecule has 0 bridgehead atoms. The van der Waals surface area contributed by atoms with Gasteiger partial charge in [-0.05, 0) is 78.8 Å². The number of primary sulfonamides is 1. The van der Waals surface area contributed by atoms with Crippen molar-refractivity contribution in [2.45, 2.75) is 30.6 Å². The summed E-state index contributed by atoms with van der Waals surface area (Å²) in [6.45, 7) is 0. The fourth-order valence-corrected chi connectivity index (χ4v) is 6.13. The van der Waals surface area contributed by atoms with Gasteiger partial charge in [0.2, 0.25) is 15.2 Å². The first-order valence-corrected chi connectivity index (χ1v) is 15.5. The Balaban J connectivity index is 1.54. The number of aromatic carboxylic acids is 1. The summed E-state index contributed by atoms with van der Waals surface area (Å²) in [6, 6.07) is 16.4. The van der Waals surface area contributed by atoms with E-state index in [1.165, 1.54) is 47.8 Å². The quantitative estimate of drug-likeness (QED) is 0.217. The Kier molecular flexibility index (Phi) is 7.21. The molecule has 0 spiro atoms. The molecule has 0 amide bonds. The molecule has 214 valence electrons. The van der Waals surface area contributed by atoms with Crippen LogP contribution in [0.4, 0.5) is 8.78 Å². The van der Waals surface area contributed by atoms with E-state index in [0.717, 1.165) is 41.0 Å². The van der Waals surface area contributed by atoms with Crippen molar-refractivity contribution in [1.29, 1.82) is 0 Å². The van der Waals surface area contributed by atoms with Gasteiger partial charge in [-0.1, -0.05) is 24.3 Å². The second-order valence-electron chi connectivity index (χ2n) is 10.2. The molecule has 0 atom stereocenters. The van der Waals surface area contributed by atoms with E-state index in [1.54, 1.807) is 28.9 Å². The van der Waals surface area contributed by atoms with Crippen LogP contribution in [-0.2, 0) is 22.9 Å². The molecule has 3 aromatic carbocycles. The van der Waals surface area contributed by atoms with Crippen LogP contribution in [-0.4, -0.2) is 34.3 Å². The van der Waals surface area contributed by atoms with Crippen LogP contribution in [0.25, 0.3) is 27.5 Å². The van der Waals surface area contributed by atoms with Crippen molar-refractivity contribution in [3.05, 3.63) is 106 Å². The summed E-state index contributed by atoms with van der Waals surface area (Å²) in [5.74, 6) is -1.64. The third-order valence-corrected chi connectivity index (χ3v) is 8.91. The molecule has 1 fully saturated rings. The van der Waals surface area contributed by atoms with Crippen LogP contribution in [0.15, 0.2) is 77.0 Å². The lowest BCUT2D eigenvalue weighted by atomic mass is 9.95. The van der Waals surface area contributed by atoms with Gasteiger partial charge in [-0.3, -0.25) is 0 Å². The Hall–Kier alpha value is -4.26. The first kappa shape index (κ1) is 27.9. The van der Waals surface area contributed by atoms with Crippen LogP contribution in [0, 0.1) is 17.6 Å². The predicted molar refractivity (Wildman–Crippen MR) is 154 cm³/mol. The molecular weight excluding hydrogens is 582 g/mol. The van der Waals surface area contributed by atoms with E-state index in [1.807, 2.05) is 0 Å². The second-order valence-corrected chi connectivity index (χ2v) is 12.6. The topological polar surface area (TPSA) is 128 Å². The Bertz CT molecular complexity index is 1910. The third kappa shape index (κ3) is 5.73. The average molecular weight is 607 g/mol. The molecule has 2 aromatic heterocycles. The number of sulfonamides is 1. The van der Waals surface area contributed by atoms with Crippen molar-refractivity contribution in [2.75, 3.05) is 0 Å². The summed E-state index contributed by atoms with van der Waals surface area (Å²) in [7, 11) is -3.86. The number of halogens is 2. The van der Waals surface area contributed by atoms with Crippen molar-refractivity contribution in [3.8, 4) is 27.5 Å². The summed E-state index contributed by atoms with van der Waals surface area (Å²) in [4.78, 5) is 15.9. The number of hydrogen-bond donors (Lipinski definition) is 2. The zero-order valence-corrected chi connectivity index (χ0v) is 23.6. The van der Waals surface area contributed by atoms with E-state index in [4.69, 9.17) is 10.2 Å². The number of rotatable bonds is 9. The number of nitrogens with zero attached hydrogens (tertiary/aromatic N) is 3. The second kappa shape index (κ2) is 10.9. The molecule has 12 heteroatoms. The van der Waals surface area contributed by atoms with Gasteiger partial charge >= 0.3 is 5.97 Å². The maximum Gasteiger partial charge on any atom is 0.355 e. The van der Waals surface area contributed by atoms with Crippen LogP contribution in [0.2, 0.25) is 0 Å². The van der Waals surface area contributed by atoms with E-state index in [-0.39, 0.29) is 16.2 Å². The smallest absolute Gasteiger partial charge is 0.355 e. The molecule has 5 aromatic rings. The molecule has 0 aliphatic heterocycles. The number of carbonyl (C=O) groups is 1. The van der Waals surface area contributed by atoms with E-state index >= 15 is 4.39 Å². The van der Waals surface area contributed by atoms with Gasteiger partial charge in [0, 0.05) is 28.5 Å². The number of carboxylic acids is 1.